The van der Waals surface area contributed by atoms with Crippen molar-refractivity contribution in [3.8, 4) is 0 Å². The van der Waals surface area contributed by atoms with Gasteiger partial charge in [-0.2, -0.15) is 5.10 Å². The van der Waals surface area contributed by atoms with Gasteiger partial charge in [-0.25, -0.2) is 0 Å². The molecule has 1 N–H and O–H groups in total. The van der Waals surface area contributed by atoms with Crippen molar-refractivity contribution < 1.29 is 4.79 Å². The topological polar surface area (TPSA) is 52.2 Å². The highest BCUT2D eigenvalue weighted by Gasteiger charge is 2.35. The molecule has 118 valence electrons. The van der Waals surface area contributed by atoms with Crippen LogP contribution in [0.3, 0.4) is 0 Å². The molecular weight excluding hydrogens is 264 g/mol. The second kappa shape index (κ2) is 5.79. The summed E-state index contributed by atoms with van der Waals surface area (Å²) in [7, 11) is 2.15. The van der Waals surface area contributed by atoms with Crippen LogP contribution in [0.25, 0.3) is 0 Å². The number of hydrogen-bond donors (Lipinski definition) is 1. The minimum Gasteiger partial charge on any atom is -0.340 e. The minimum atomic E-state index is 0.176. The number of hydrogen-bond acceptors (Lipinski definition) is 3. The summed E-state index contributed by atoms with van der Waals surface area (Å²) >= 11 is 0. The molecule has 1 unspecified atom stereocenters. The van der Waals surface area contributed by atoms with Crippen LogP contribution in [0.1, 0.15) is 37.7 Å². The van der Waals surface area contributed by atoms with Crippen molar-refractivity contribution in [3.05, 3.63) is 17.0 Å². The fourth-order valence-corrected chi connectivity index (χ4v) is 3.13. The summed E-state index contributed by atoms with van der Waals surface area (Å²) in [5.74, 6) is 0.213. The van der Waals surface area contributed by atoms with E-state index in [1.807, 2.05) is 18.7 Å². The van der Waals surface area contributed by atoms with Crippen LogP contribution in [-0.4, -0.2) is 58.6 Å². The van der Waals surface area contributed by atoms with Crippen LogP contribution in [0.4, 0.5) is 0 Å². The normalized spacial score (nSPS) is 20.9. The van der Waals surface area contributed by atoms with E-state index in [4.69, 9.17) is 0 Å². The predicted molar refractivity (Wildman–Crippen MR) is 84.2 cm³/mol. The number of piperazine rings is 1. The number of carbonyl (C=O) groups is 1. The van der Waals surface area contributed by atoms with E-state index in [1.54, 1.807) is 0 Å². The molecule has 0 aliphatic carbocycles. The first-order valence-corrected chi connectivity index (χ1v) is 7.68. The van der Waals surface area contributed by atoms with Gasteiger partial charge in [0.2, 0.25) is 5.91 Å². The summed E-state index contributed by atoms with van der Waals surface area (Å²) in [6, 6.07) is 0.404. The Morgan fingerprint density at radius 3 is 2.52 bits per heavy atom. The van der Waals surface area contributed by atoms with Crippen molar-refractivity contribution in [1.82, 2.24) is 20.0 Å². The van der Waals surface area contributed by atoms with Crippen molar-refractivity contribution >= 4 is 5.91 Å². The number of nitrogens with one attached hydrogen (secondary N) is 1. The highest BCUT2D eigenvalue weighted by Crippen LogP contribution is 2.27. The molecule has 1 aliphatic rings. The molecule has 0 bridgehead atoms. The molecule has 1 atom stereocenters. The van der Waals surface area contributed by atoms with Crippen LogP contribution in [0.2, 0.25) is 0 Å². The van der Waals surface area contributed by atoms with Crippen LogP contribution in [0, 0.1) is 19.3 Å². The largest absolute Gasteiger partial charge is 0.340 e. The maximum atomic E-state index is 12.6. The van der Waals surface area contributed by atoms with Gasteiger partial charge in [-0.15, -0.1) is 0 Å². The van der Waals surface area contributed by atoms with Gasteiger partial charge in [0, 0.05) is 36.9 Å². The molecule has 0 saturated carbocycles. The molecule has 0 aromatic carbocycles. The van der Waals surface area contributed by atoms with Crippen LogP contribution in [0.15, 0.2) is 0 Å². The maximum absolute atomic E-state index is 12.6. The van der Waals surface area contributed by atoms with Gasteiger partial charge in [-0.3, -0.25) is 14.8 Å². The molecule has 1 amide bonds. The van der Waals surface area contributed by atoms with Crippen molar-refractivity contribution in [2.24, 2.45) is 5.41 Å². The fourth-order valence-electron chi connectivity index (χ4n) is 3.13. The number of rotatable bonds is 2. The summed E-state index contributed by atoms with van der Waals surface area (Å²) in [5.41, 5.74) is 3.16. The second-order valence-electron chi connectivity index (χ2n) is 7.29. The highest BCUT2D eigenvalue weighted by molar-refractivity contribution is 5.79. The number of carbonyl (C=O) groups excluding carboxylic acids is 1. The van der Waals surface area contributed by atoms with Crippen LogP contribution in [-0.2, 0) is 11.2 Å². The number of likely N-dealkylation sites (N-methyl/N-ethyl adjacent to an activating group) is 1. The first-order chi connectivity index (χ1) is 9.70. The van der Waals surface area contributed by atoms with Gasteiger partial charge < -0.3 is 4.90 Å². The lowest BCUT2D eigenvalue weighted by molar-refractivity contribution is -0.134. The van der Waals surface area contributed by atoms with E-state index in [-0.39, 0.29) is 11.3 Å². The third kappa shape index (κ3) is 3.46. The summed E-state index contributed by atoms with van der Waals surface area (Å²) in [6.45, 7) is 13.2. The number of aromatic amines is 1. The number of H-pyrrole nitrogens is 1. The van der Waals surface area contributed by atoms with E-state index in [2.05, 4.69) is 42.9 Å². The number of nitrogens with zero attached hydrogens (tertiary/aromatic N) is 3. The molecule has 2 rings (SSSR count). The summed E-state index contributed by atoms with van der Waals surface area (Å²) in [6.07, 6.45) is 0.453. The zero-order valence-corrected chi connectivity index (χ0v) is 14.2. The van der Waals surface area contributed by atoms with Gasteiger partial charge in [-0.1, -0.05) is 20.8 Å². The third-order valence-electron chi connectivity index (χ3n) is 4.61. The van der Waals surface area contributed by atoms with Gasteiger partial charge in [0.05, 0.1) is 12.1 Å². The van der Waals surface area contributed by atoms with Crippen LogP contribution < -0.4 is 0 Å². The van der Waals surface area contributed by atoms with Crippen molar-refractivity contribution in [3.63, 3.8) is 0 Å². The monoisotopic (exact) mass is 292 g/mol. The van der Waals surface area contributed by atoms with Gasteiger partial charge in [0.15, 0.2) is 0 Å². The predicted octanol–water partition coefficient (Wildman–Crippen LogP) is 1.76. The Labute approximate surface area is 127 Å². The average molecular weight is 292 g/mol. The Bertz CT molecular complexity index is 495. The lowest BCUT2D eigenvalue weighted by atomic mass is 9.84. The summed E-state index contributed by atoms with van der Waals surface area (Å²) in [4.78, 5) is 17.0. The Morgan fingerprint density at radius 1 is 1.33 bits per heavy atom. The fraction of sp³-hybridized carbons (Fsp3) is 0.750. The van der Waals surface area contributed by atoms with Crippen molar-refractivity contribution in [1.29, 1.82) is 0 Å². The molecule has 0 spiro atoms. The Kier molecular flexibility index (Phi) is 4.42. The summed E-state index contributed by atoms with van der Waals surface area (Å²) < 4.78 is 0. The first-order valence-electron chi connectivity index (χ1n) is 7.68. The van der Waals surface area contributed by atoms with Crippen LogP contribution >= 0.6 is 0 Å². The highest BCUT2D eigenvalue weighted by atomic mass is 16.2. The Morgan fingerprint density at radius 2 is 2.00 bits per heavy atom. The number of aromatic nitrogens is 2. The number of aryl methyl sites for hydroxylation is 2. The third-order valence-corrected chi connectivity index (χ3v) is 4.61. The van der Waals surface area contributed by atoms with E-state index in [1.165, 1.54) is 0 Å². The Hall–Kier alpha value is -1.36. The van der Waals surface area contributed by atoms with Gasteiger partial charge in [-0.05, 0) is 26.3 Å². The molecule has 1 aromatic heterocycles. The van der Waals surface area contributed by atoms with Gasteiger partial charge in [0.1, 0.15) is 0 Å². The number of amides is 1. The average Bonchev–Trinajstić information content (AvgIpc) is 2.69. The smallest absolute Gasteiger partial charge is 0.227 e. The van der Waals surface area contributed by atoms with E-state index in [0.29, 0.717) is 12.5 Å². The van der Waals surface area contributed by atoms with E-state index >= 15 is 0 Å². The van der Waals surface area contributed by atoms with E-state index < -0.39 is 0 Å². The zero-order chi connectivity index (χ0) is 15.8. The summed E-state index contributed by atoms with van der Waals surface area (Å²) in [5, 5.41) is 7.13. The lowest BCUT2D eigenvalue weighted by Gasteiger charge is -2.45. The molecule has 5 nitrogen and oxygen atoms in total. The van der Waals surface area contributed by atoms with Crippen molar-refractivity contribution in [2.45, 2.75) is 47.1 Å². The lowest BCUT2D eigenvalue weighted by Crippen LogP contribution is -2.57. The van der Waals surface area contributed by atoms with Gasteiger partial charge in [0.25, 0.3) is 0 Å². The van der Waals surface area contributed by atoms with Crippen molar-refractivity contribution in [2.75, 3.05) is 26.7 Å². The molecule has 1 aliphatic heterocycles. The molecule has 1 aromatic rings. The molecule has 2 heterocycles. The molecule has 1 fully saturated rings. The van der Waals surface area contributed by atoms with E-state index in [9.17, 15) is 4.79 Å². The standard InChI is InChI=1S/C16H28N4O/c1-11-13(12(2)18-17-11)9-15(21)20-8-7-19(6)14(10-20)16(3,4)5/h14H,7-10H2,1-6H3,(H,17,18). The molecular formula is C16H28N4O. The van der Waals surface area contributed by atoms with Gasteiger partial charge >= 0.3 is 0 Å². The minimum absolute atomic E-state index is 0.176. The molecule has 5 heteroatoms. The SMILES string of the molecule is Cc1n[nH]c(C)c1CC(=O)N1CCN(C)C(C(C)(C)C)C1. The van der Waals surface area contributed by atoms with Crippen LogP contribution in [0.5, 0.6) is 0 Å². The Balaban J connectivity index is 2.07. The molecule has 1 saturated heterocycles. The first kappa shape index (κ1) is 16.0. The molecule has 0 radical (unpaired) electrons. The quantitative estimate of drug-likeness (QED) is 0.903. The maximum Gasteiger partial charge on any atom is 0.227 e. The zero-order valence-electron chi connectivity index (χ0n) is 14.2. The van der Waals surface area contributed by atoms with E-state index in [0.717, 1.165) is 36.6 Å². The second-order valence-corrected chi connectivity index (χ2v) is 7.29. The molecule has 21 heavy (non-hydrogen) atoms.